The van der Waals surface area contributed by atoms with E-state index in [0.717, 1.165) is 29.8 Å². The topological polar surface area (TPSA) is 125 Å². The standard InChI is InChI=1S/C26H26N4O2.C2HF3O2/c1-30(2)15-14-17-8-11-20(12-9-17)28-24(18-6-4-3-5-7-18)23-21-13-10-19(25(27)31)16-22(21)29-26(23)32;3-2(4,5)1(6)7/h3-13,16,28H,14-15H2,1-2H3,(H2,27,31)(H,29,32);(H,6,7)/b24-23-;. The van der Waals surface area contributed by atoms with Gasteiger partial charge in [-0.15, -0.1) is 0 Å². The monoisotopic (exact) mass is 540 g/mol. The molecule has 3 aromatic rings. The van der Waals surface area contributed by atoms with Gasteiger partial charge in [0.05, 0.1) is 11.3 Å². The molecular weight excluding hydrogens is 513 g/mol. The zero-order valence-electron chi connectivity index (χ0n) is 21.2. The second kappa shape index (κ2) is 12.3. The van der Waals surface area contributed by atoms with Gasteiger partial charge in [-0.1, -0.05) is 48.5 Å². The predicted octanol–water partition coefficient (Wildman–Crippen LogP) is 4.46. The first-order valence-corrected chi connectivity index (χ1v) is 11.7. The first kappa shape index (κ1) is 28.9. The van der Waals surface area contributed by atoms with Crippen LogP contribution in [0.3, 0.4) is 0 Å². The highest BCUT2D eigenvalue weighted by Crippen LogP contribution is 2.38. The quantitative estimate of drug-likeness (QED) is 0.328. The maximum atomic E-state index is 13.0. The van der Waals surface area contributed by atoms with E-state index in [4.69, 9.17) is 15.6 Å². The Kier molecular flexibility index (Phi) is 9.10. The number of fused-ring (bicyclic) bond motifs is 1. The largest absolute Gasteiger partial charge is 0.490 e. The summed E-state index contributed by atoms with van der Waals surface area (Å²) in [4.78, 5) is 35.6. The van der Waals surface area contributed by atoms with Crippen molar-refractivity contribution in [1.82, 2.24) is 4.90 Å². The molecule has 0 bridgehead atoms. The highest BCUT2D eigenvalue weighted by atomic mass is 19.4. The number of halogens is 3. The minimum absolute atomic E-state index is 0.226. The van der Waals surface area contributed by atoms with E-state index < -0.39 is 18.1 Å². The molecule has 0 atom stereocenters. The van der Waals surface area contributed by atoms with Crippen LogP contribution in [0.15, 0.2) is 72.8 Å². The molecule has 2 amide bonds. The van der Waals surface area contributed by atoms with E-state index in [1.54, 1.807) is 18.2 Å². The van der Waals surface area contributed by atoms with Crippen molar-refractivity contribution in [1.29, 1.82) is 0 Å². The maximum absolute atomic E-state index is 13.0. The number of carboxylic acid groups (broad SMARTS) is 1. The van der Waals surface area contributed by atoms with Crippen molar-refractivity contribution >= 4 is 40.4 Å². The van der Waals surface area contributed by atoms with Crippen molar-refractivity contribution in [2.24, 2.45) is 5.73 Å². The van der Waals surface area contributed by atoms with E-state index in [1.807, 2.05) is 42.5 Å². The fraction of sp³-hybridized carbons (Fsp3) is 0.179. The van der Waals surface area contributed by atoms with E-state index >= 15 is 0 Å². The number of primary amides is 1. The molecule has 3 aromatic carbocycles. The minimum Gasteiger partial charge on any atom is -0.475 e. The maximum Gasteiger partial charge on any atom is 0.490 e. The molecule has 11 heteroatoms. The second-order valence-corrected chi connectivity index (χ2v) is 8.87. The van der Waals surface area contributed by atoms with Gasteiger partial charge >= 0.3 is 12.1 Å². The average molecular weight is 541 g/mol. The van der Waals surface area contributed by atoms with Gasteiger partial charge in [0, 0.05) is 29.0 Å². The third kappa shape index (κ3) is 7.68. The highest BCUT2D eigenvalue weighted by molar-refractivity contribution is 6.37. The number of aliphatic carboxylic acids is 1. The molecule has 39 heavy (non-hydrogen) atoms. The van der Waals surface area contributed by atoms with Gasteiger partial charge in [0.2, 0.25) is 5.91 Å². The lowest BCUT2D eigenvalue weighted by atomic mass is 9.99. The predicted molar refractivity (Wildman–Crippen MR) is 143 cm³/mol. The van der Waals surface area contributed by atoms with Crippen LogP contribution in [0.5, 0.6) is 0 Å². The third-order valence-corrected chi connectivity index (χ3v) is 5.67. The summed E-state index contributed by atoms with van der Waals surface area (Å²) in [6, 6.07) is 23.0. The van der Waals surface area contributed by atoms with Gasteiger partial charge in [-0.2, -0.15) is 13.2 Å². The number of carbonyl (C=O) groups is 3. The number of nitrogens with zero attached hydrogens (tertiary/aromatic N) is 1. The summed E-state index contributed by atoms with van der Waals surface area (Å²) >= 11 is 0. The van der Waals surface area contributed by atoms with Crippen molar-refractivity contribution in [2.75, 3.05) is 31.3 Å². The van der Waals surface area contributed by atoms with Crippen molar-refractivity contribution in [3.63, 3.8) is 0 Å². The molecule has 0 spiro atoms. The lowest BCUT2D eigenvalue weighted by Crippen LogP contribution is -2.21. The minimum atomic E-state index is -5.08. The van der Waals surface area contributed by atoms with Crippen LogP contribution in [-0.2, 0) is 16.0 Å². The Bertz CT molecular complexity index is 1390. The highest BCUT2D eigenvalue weighted by Gasteiger charge is 2.38. The number of carbonyl (C=O) groups excluding carboxylic acids is 2. The number of anilines is 2. The zero-order valence-corrected chi connectivity index (χ0v) is 21.2. The van der Waals surface area contributed by atoms with E-state index in [1.165, 1.54) is 5.56 Å². The molecule has 0 aliphatic carbocycles. The number of hydrogen-bond donors (Lipinski definition) is 4. The Morgan fingerprint density at radius 1 is 0.974 bits per heavy atom. The molecular formula is C28H27F3N4O4. The Balaban J connectivity index is 0.000000532. The SMILES string of the molecule is CN(C)CCc1ccc(N/C(=C2\C(=O)Nc3cc(C(N)=O)ccc32)c2ccccc2)cc1.O=C(O)C(F)(F)F. The molecule has 1 aliphatic rings. The number of hydrogen-bond acceptors (Lipinski definition) is 5. The molecule has 0 unspecified atom stereocenters. The van der Waals surface area contributed by atoms with E-state index in [0.29, 0.717) is 22.5 Å². The van der Waals surface area contributed by atoms with Gasteiger partial charge in [-0.3, -0.25) is 9.59 Å². The Morgan fingerprint density at radius 3 is 2.13 bits per heavy atom. The van der Waals surface area contributed by atoms with Crippen molar-refractivity contribution in [3.8, 4) is 0 Å². The van der Waals surface area contributed by atoms with Gasteiger partial charge in [0.15, 0.2) is 0 Å². The molecule has 0 radical (unpaired) electrons. The molecule has 1 aliphatic heterocycles. The molecule has 8 nitrogen and oxygen atoms in total. The molecule has 0 fully saturated rings. The first-order chi connectivity index (χ1) is 18.4. The van der Waals surface area contributed by atoms with Crippen LogP contribution in [0.4, 0.5) is 24.5 Å². The Labute approximate surface area is 222 Å². The van der Waals surface area contributed by atoms with Gasteiger partial charge in [0.25, 0.3) is 5.91 Å². The van der Waals surface area contributed by atoms with Crippen LogP contribution < -0.4 is 16.4 Å². The number of likely N-dealkylation sites (N-methyl/N-ethyl adjacent to an activating group) is 1. The normalized spacial score (nSPS) is 13.6. The second-order valence-electron chi connectivity index (χ2n) is 8.87. The van der Waals surface area contributed by atoms with Gasteiger partial charge < -0.3 is 26.4 Å². The van der Waals surface area contributed by atoms with Crippen LogP contribution in [0.25, 0.3) is 11.3 Å². The van der Waals surface area contributed by atoms with Crippen LogP contribution >= 0.6 is 0 Å². The fourth-order valence-electron chi connectivity index (χ4n) is 3.71. The van der Waals surface area contributed by atoms with Crippen molar-refractivity contribution in [3.05, 3.63) is 95.1 Å². The van der Waals surface area contributed by atoms with Gasteiger partial charge in [-0.05, 0) is 55.9 Å². The molecule has 5 N–H and O–H groups in total. The van der Waals surface area contributed by atoms with Gasteiger partial charge in [-0.25, -0.2) is 4.79 Å². The fourth-order valence-corrected chi connectivity index (χ4v) is 3.71. The van der Waals surface area contributed by atoms with Crippen molar-refractivity contribution in [2.45, 2.75) is 12.6 Å². The summed E-state index contributed by atoms with van der Waals surface area (Å²) < 4.78 is 31.7. The number of rotatable bonds is 7. The third-order valence-electron chi connectivity index (χ3n) is 5.67. The summed E-state index contributed by atoms with van der Waals surface area (Å²) in [6.45, 7) is 0.982. The smallest absolute Gasteiger partial charge is 0.475 e. The summed E-state index contributed by atoms with van der Waals surface area (Å²) in [5, 5.41) is 13.4. The molecule has 0 saturated carbocycles. The first-order valence-electron chi connectivity index (χ1n) is 11.7. The zero-order chi connectivity index (χ0) is 28.7. The number of nitrogens with two attached hydrogens (primary N) is 1. The lowest BCUT2D eigenvalue weighted by Gasteiger charge is -2.15. The molecule has 1 heterocycles. The Hall–Kier alpha value is -4.64. The number of alkyl halides is 3. The number of nitrogens with one attached hydrogen (secondary N) is 2. The number of carboxylic acids is 1. The summed E-state index contributed by atoms with van der Waals surface area (Å²) in [5.41, 5.74) is 11.3. The summed E-state index contributed by atoms with van der Waals surface area (Å²) in [7, 11) is 4.12. The Morgan fingerprint density at radius 2 is 1.59 bits per heavy atom. The van der Waals surface area contributed by atoms with Crippen LogP contribution in [0, 0.1) is 0 Å². The van der Waals surface area contributed by atoms with E-state index in [-0.39, 0.29) is 5.91 Å². The van der Waals surface area contributed by atoms with Crippen LogP contribution in [-0.4, -0.2) is 54.6 Å². The van der Waals surface area contributed by atoms with E-state index in [9.17, 15) is 22.8 Å². The van der Waals surface area contributed by atoms with Crippen LogP contribution in [0.1, 0.15) is 27.0 Å². The lowest BCUT2D eigenvalue weighted by molar-refractivity contribution is -0.192. The van der Waals surface area contributed by atoms with E-state index in [2.05, 4.69) is 41.8 Å². The van der Waals surface area contributed by atoms with Gasteiger partial charge in [0.1, 0.15) is 0 Å². The summed E-state index contributed by atoms with van der Waals surface area (Å²) in [5.74, 6) is -3.52. The van der Waals surface area contributed by atoms with Crippen molar-refractivity contribution < 1.29 is 32.7 Å². The number of amides is 2. The average Bonchev–Trinajstić information content (AvgIpc) is 3.21. The summed E-state index contributed by atoms with van der Waals surface area (Å²) in [6.07, 6.45) is -4.11. The van der Waals surface area contributed by atoms with Crippen LogP contribution in [0.2, 0.25) is 0 Å². The number of benzene rings is 3. The molecule has 4 rings (SSSR count). The molecule has 204 valence electrons. The molecule has 0 saturated heterocycles. The molecule has 0 aromatic heterocycles.